The van der Waals surface area contributed by atoms with Crippen LogP contribution in [0.1, 0.15) is 10.4 Å². The molecule has 2 unspecified atom stereocenters. The molecule has 3 heterocycles. The molecular formula is C15H24Cl2N4O3. The van der Waals surface area contributed by atoms with Crippen LogP contribution in [0.4, 0.5) is 5.82 Å². The summed E-state index contributed by atoms with van der Waals surface area (Å²) in [6.45, 7) is 4.56. The van der Waals surface area contributed by atoms with Gasteiger partial charge in [-0.05, 0) is 12.1 Å². The topological polar surface area (TPSA) is 86.7 Å². The maximum atomic E-state index is 12.5. The standard InChI is InChI=1S/C15H22N4O3.2ClH/c20-13-10-16-8-11(13)9-18-15(21)12-2-1-3-17-14(12)19-4-6-22-7-5-19;;/h1-3,11,13,16,20H,4-10H2,(H,18,21);2*1H. The fraction of sp³-hybridized carbons (Fsp3) is 0.600. The average molecular weight is 379 g/mol. The number of nitrogens with zero attached hydrogens (tertiary/aromatic N) is 2. The molecule has 24 heavy (non-hydrogen) atoms. The molecule has 2 saturated heterocycles. The molecule has 2 atom stereocenters. The average Bonchev–Trinajstić information content (AvgIpc) is 2.98. The predicted molar refractivity (Wildman–Crippen MR) is 96.5 cm³/mol. The Balaban J connectivity index is 0.00000144. The Kier molecular flexibility index (Phi) is 8.72. The minimum atomic E-state index is -0.395. The SMILES string of the molecule is Cl.Cl.O=C(NCC1CNCC1O)c1cccnc1N1CCOCC1. The fourth-order valence-electron chi connectivity index (χ4n) is 2.85. The molecule has 2 aliphatic heterocycles. The van der Waals surface area contributed by atoms with E-state index in [2.05, 4.69) is 20.5 Å². The molecule has 0 spiro atoms. The first-order chi connectivity index (χ1) is 10.8. The Morgan fingerprint density at radius 1 is 1.38 bits per heavy atom. The Morgan fingerprint density at radius 3 is 2.79 bits per heavy atom. The van der Waals surface area contributed by atoms with Crippen molar-refractivity contribution in [2.75, 3.05) is 50.8 Å². The van der Waals surface area contributed by atoms with Crippen LogP contribution in [-0.4, -0.2) is 68.0 Å². The molecule has 1 aromatic heterocycles. The van der Waals surface area contributed by atoms with Crippen molar-refractivity contribution in [3.63, 3.8) is 0 Å². The van der Waals surface area contributed by atoms with Crippen molar-refractivity contribution in [3.05, 3.63) is 23.9 Å². The van der Waals surface area contributed by atoms with Crippen LogP contribution in [0.3, 0.4) is 0 Å². The first-order valence-corrected chi connectivity index (χ1v) is 7.70. The summed E-state index contributed by atoms with van der Waals surface area (Å²) >= 11 is 0. The van der Waals surface area contributed by atoms with Gasteiger partial charge in [0.1, 0.15) is 5.82 Å². The van der Waals surface area contributed by atoms with Gasteiger partial charge in [0.2, 0.25) is 0 Å². The van der Waals surface area contributed by atoms with Crippen LogP contribution in [-0.2, 0) is 4.74 Å². The lowest BCUT2D eigenvalue weighted by atomic mass is 10.1. The van der Waals surface area contributed by atoms with Gasteiger partial charge in [0.25, 0.3) is 5.91 Å². The third kappa shape index (κ3) is 4.94. The summed E-state index contributed by atoms with van der Waals surface area (Å²) in [5, 5.41) is 15.8. The number of pyridine rings is 1. The van der Waals surface area contributed by atoms with Gasteiger partial charge >= 0.3 is 0 Å². The Labute approximate surface area is 154 Å². The highest BCUT2D eigenvalue weighted by atomic mass is 35.5. The summed E-state index contributed by atoms with van der Waals surface area (Å²) in [6, 6.07) is 3.56. The van der Waals surface area contributed by atoms with Crippen LogP contribution < -0.4 is 15.5 Å². The molecule has 3 rings (SSSR count). The van der Waals surface area contributed by atoms with Gasteiger partial charge in [0.05, 0.1) is 24.9 Å². The molecule has 0 radical (unpaired) electrons. The Hall–Kier alpha value is -1.12. The van der Waals surface area contributed by atoms with E-state index in [-0.39, 0.29) is 36.6 Å². The van der Waals surface area contributed by atoms with Crippen molar-refractivity contribution in [1.82, 2.24) is 15.6 Å². The van der Waals surface area contributed by atoms with Crippen LogP contribution in [0.15, 0.2) is 18.3 Å². The largest absolute Gasteiger partial charge is 0.391 e. The third-order valence-corrected chi connectivity index (χ3v) is 4.17. The summed E-state index contributed by atoms with van der Waals surface area (Å²) in [7, 11) is 0. The lowest BCUT2D eigenvalue weighted by molar-refractivity contribution is 0.0925. The van der Waals surface area contributed by atoms with E-state index in [4.69, 9.17) is 4.74 Å². The predicted octanol–water partition coefficient (Wildman–Crippen LogP) is 0.0719. The third-order valence-electron chi connectivity index (χ3n) is 4.17. The fourth-order valence-corrected chi connectivity index (χ4v) is 2.85. The number of carbonyl (C=O) groups is 1. The smallest absolute Gasteiger partial charge is 0.255 e. The molecule has 2 fully saturated rings. The van der Waals surface area contributed by atoms with E-state index in [1.165, 1.54) is 0 Å². The van der Waals surface area contributed by atoms with Gasteiger partial charge in [-0.2, -0.15) is 0 Å². The lowest BCUT2D eigenvalue weighted by Gasteiger charge is -2.29. The molecular weight excluding hydrogens is 355 g/mol. The highest BCUT2D eigenvalue weighted by molar-refractivity contribution is 5.98. The van der Waals surface area contributed by atoms with E-state index in [0.29, 0.717) is 37.7 Å². The highest BCUT2D eigenvalue weighted by Crippen LogP contribution is 2.18. The van der Waals surface area contributed by atoms with E-state index in [1.807, 2.05) is 0 Å². The quantitative estimate of drug-likeness (QED) is 0.687. The molecule has 0 aromatic carbocycles. The molecule has 1 aromatic rings. The Bertz CT molecular complexity index is 529. The zero-order chi connectivity index (χ0) is 15.4. The van der Waals surface area contributed by atoms with E-state index in [9.17, 15) is 9.90 Å². The number of aliphatic hydroxyl groups is 1. The van der Waals surface area contributed by atoms with Crippen molar-refractivity contribution in [2.45, 2.75) is 6.10 Å². The van der Waals surface area contributed by atoms with Crippen LogP contribution >= 0.6 is 24.8 Å². The van der Waals surface area contributed by atoms with Crippen LogP contribution in [0.25, 0.3) is 0 Å². The summed E-state index contributed by atoms with van der Waals surface area (Å²) in [6.07, 6.45) is 1.31. The van der Waals surface area contributed by atoms with Gasteiger partial charge in [0.15, 0.2) is 0 Å². The molecule has 0 saturated carbocycles. The van der Waals surface area contributed by atoms with Crippen LogP contribution in [0, 0.1) is 5.92 Å². The summed E-state index contributed by atoms with van der Waals surface area (Å²) in [4.78, 5) is 18.9. The number of ether oxygens (including phenoxy) is 1. The number of morpholine rings is 1. The second-order valence-electron chi connectivity index (χ2n) is 5.67. The molecule has 9 heteroatoms. The van der Waals surface area contributed by atoms with Gasteiger partial charge in [-0.15, -0.1) is 24.8 Å². The normalized spacial score (nSPS) is 23.1. The summed E-state index contributed by atoms with van der Waals surface area (Å²) in [5.41, 5.74) is 0.574. The number of carbonyl (C=O) groups excluding carboxylic acids is 1. The van der Waals surface area contributed by atoms with Crippen molar-refractivity contribution in [2.24, 2.45) is 5.92 Å². The van der Waals surface area contributed by atoms with Crippen molar-refractivity contribution >= 4 is 36.5 Å². The number of aliphatic hydroxyl groups excluding tert-OH is 1. The molecule has 2 aliphatic rings. The van der Waals surface area contributed by atoms with Crippen LogP contribution in [0.2, 0.25) is 0 Å². The molecule has 7 nitrogen and oxygen atoms in total. The first kappa shape index (κ1) is 20.9. The maximum Gasteiger partial charge on any atom is 0.255 e. The number of halogens is 2. The van der Waals surface area contributed by atoms with E-state index < -0.39 is 6.10 Å². The van der Waals surface area contributed by atoms with Crippen molar-refractivity contribution in [1.29, 1.82) is 0 Å². The second kappa shape index (κ2) is 10.0. The number of hydrogen-bond donors (Lipinski definition) is 3. The van der Waals surface area contributed by atoms with E-state index >= 15 is 0 Å². The number of amides is 1. The number of hydrogen-bond acceptors (Lipinski definition) is 6. The van der Waals surface area contributed by atoms with E-state index in [1.54, 1.807) is 18.3 Å². The monoisotopic (exact) mass is 378 g/mol. The van der Waals surface area contributed by atoms with Crippen molar-refractivity contribution in [3.8, 4) is 0 Å². The molecule has 0 aliphatic carbocycles. The summed E-state index contributed by atoms with van der Waals surface area (Å²) in [5.74, 6) is 0.620. The number of anilines is 1. The molecule has 1 amide bonds. The number of rotatable bonds is 4. The Morgan fingerprint density at radius 2 is 2.12 bits per heavy atom. The highest BCUT2D eigenvalue weighted by Gasteiger charge is 2.26. The first-order valence-electron chi connectivity index (χ1n) is 7.70. The zero-order valence-electron chi connectivity index (χ0n) is 13.3. The maximum absolute atomic E-state index is 12.5. The number of nitrogens with one attached hydrogen (secondary N) is 2. The van der Waals surface area contributed by atoms with E-state index in [0.717, 1.165) is 19.6 Å². The van der Waals surface area contributed by atoms with Gasteiger partial charge < -0.3 is 25.4 Å². The number of β-amino-alcohol motifs (C(OH)–C–C–N with tert-alkyl or cyclic N) is 1. The van der Waals surface area contributed by atoms with Gasteiger partial charge in [-0.3, -0.25) is 4.79 Å². The summed E-state index contributed by atoms with van der Waals surface area (Å²) < 4.78 is 5.34. The van der Waals surface area contributed by atoms with Crippen LogP contribution in [0.5, 0.6) is 0 Å². The minimum absolute atomic E-state index is 0. The lowest BCUT2D eigenvalue weighted by Crippen LogP contribution is -2.39. The number of aromatic nitrogens is 1. The van der Waals surface area contributed by atoms with Gasteiger partial charge in [-0.25, -0.2) is 4.98 Å². The minimum Gasteiger partial charge on any atom is -0.391 e. The molecule has 136 valence electrons. The van der Waals surface area contributed by atoms with Crippen molar-refractivity contribution < 1.29 is 14.6 Å². The zero-order valence-corrected chi connectivity index (χ0v) is 14.9. The van der Waals surface area contributed by atoms with Gasteiger partial charge in [0, 0.05) is 44.8 Å². The second-order valence-corrected chi connectivity index (χ2v) is 5.67. The molecule has 3 N–H and O–H groups in total. The molecule has 0 bridgehead atoms. The van der Waals surface area contributed by atoms with Gasteiger partial charge in [-0.1, -0.05) is 0 Å².